The van der Waals surface area contributed by atoms with Crippen molar-refractivity contribution in [3.05, 3.63) is 0 Å². The molecule has 0 spiro atoms. The molecule has 13 heavy (non-hydrogen) atoms. The molecule has 2 fully saturated rings. The zero-order valence-electron chi connectivity index (χ0n) is 8.09. The second kappa shape index (κ2) is 4.09. The minimum Gasteiger partial charge on any atom is -0.342 e. The number of piperidine rings is 1. The van der Waals surface area contributed by atoms with Crippen LogP contribution >= 0.6 is 0 Å². The molecule has 1 N–H and O–H groups in total. The third-order valence-corrected chi connectivity index (χ3v) is 3.08. The van der Waals surface area contributed by atoms with Crippen LogP contribution in [0.3, 0.4) is 0 Å². The van der Waals surface area contributed by atoms with Crippen LogP contribution in [0.25, 0.3) is 0 Å². The van der Waals surface area contributed by atoms with Crippen LogP contribution in [0.4, 0.5) is 0 Å². The smallest absolute Gasteiger partial charge is 0.227 e. The Morgan fingerprint density at radius 3 is 2.62 bits per heavy atom. The summed E-state index contributed by atoms with van der Waals surface area (Å²) in [6.45, 7) is 3.91. The van der Waals surface area contributed by atoms with Crippen molar-refractivity contribution in [3.8, 4) is 0 Å². The van der Waals surface area contributed by atoms with Gasteiger partial charge in [-0.05, 0) is 32.2 Å². The molecule has 2 rings (SSSR count). The molecule has 0 aromatic carbocycles. The van der Waals surface area contributed by atoms with E-state index >= 15 is 0 Å². The van der Waals surface area contributed by atoms with E-state index in [9.17, 15) is 4.79 Å². The van der Waals surface area contributed by atoms with Gasteiger partial charge in [0.15, 0.2) is 0 Å². The molecule has 1 amide bonds. The zero-order chi connectivity index (χ0) is 9.10. The molecule has 0 radical (unpaired) electrons. The third kappa shape index (κ3) is 2.02. The molecule has 2 saturated heterocycles. The molecule has 0 aromatic heterocycles. The molecule has 2 heterocycles. The summed E-state index contributed by atoms with van der Waals surface area (Å²) in [5.74, 6) is 0.669. The van der Waals surface area contributed by atoms with E-state index in [1.165, 1.54) is 19.3 Å². The van der Waals surface area contributed by atoms with Gasteiger partial charge in [0.25, 0.3) is 0 Å². The topological polar surface area (TPSA) is 32.3 Å². The average molecular weight is 182 g/mol. The van der Waals surface area contributed by atoms with Crippen molar-refractivity contribution in [1.29, 1.82) is 0 Å². The van der Waals surface area contributed by atoms with Crippen LogP contribution in [-0.2, 0) is 4.79 Å². The van der Waals surface area contributed by atoms with Crippen molar-refractivity contribution in [2.45, 2.75) is 25.7 Å². The normalized spacial score (nSPS) is 29.2. The number of nitrogens with zero attached hydrogens (tertiary/aromatic N) is 1. The van der Waals surface area contributed by atoms with Crippen molar-refractivity contribution in [3.63, 3.8) is 0 Å². The minimum absolute atomic E-state index is 0.276. The largest absolute Gasteiger partial charge is 0.342 e. The summed E-state index contributed by atoms with van der Waals surface area (Å²) in [5.41, 5.74) is 0. The van der Waals surface area contributed by atoms with Crippen LogP contribution in [0, 0.1) is 5.92 Å². The van der Waals surface area contributed by atoms with Crippen LogP contribution in [0.15, 0.2) is 0 Å². The molecule has 0 unspecified atom stereocenters. The lowest BCUT2D eigenvalue weighted by Crippen LogP contribution is -2.40. The summed E-state index contributed by atoms with van der Waals surface area (Å²) >= 11 is 0. The van der Waals surface area contributed by atoms with E-state index in [1.54, 1.807) is 0 Å². The first-order valence-electron chi connectivity index (χ1n) is 5.37. The van der Waals surface area contributed by atoms with Crippen LogP contribution < -0.4 is 5.32 Å². The van der Waals surface area contributed by atoms with Gasteiger partial charge in [0.1, 0.15) is 0 Å². The molecule has 1 atom stereocenters. The summed E-state index contributed by atoms with van der Waals surface area (Å²) in [6.07, 6.45) is 4.74. The van der Waals surface area contributed by atoms with Crippen LogP contribution in [0.5, 0.6) is 0 Å². The Morgan fingerprint density at radius 2 is 2.00 bits per heavy atom. The maximum Gasteiger partial charge on any atom is 0.227 e. The van der Waals surface area contributed by atoms with Crippen molar-refractivity contribution in [1.82, 2.24) is 10.2 Å². The van der Waals surface area contributed by atoms with Gasteiger partial charge in [-0.15, -0.1) is 0 Å². The number of hydrogen-bond acceptors (Lipinski definition) is 2. The van der Waals surface area contributed by atoms with Gasteiger partial charge >= 0.3 is 0 Å². The van der Waals surface area contributed by atoms with Crippen LogP contribution in [0.1, 0.15) is 25.7 Å². The summed E-state index contributed by atoms with van der Waals surface area (Å²) < 4.78 is 0. The maximum absolute atomic E-state index is 11.9. The summed E-state index contributed by atoms with van der Waals surface area (Å²) in [7, 11) is 0. The standard InChI is InChI=1S/C10H18N2O/c13-10(9-4-5-11-8-9)12-6-2-1-3-7-12/h9,11H,1-8H2/t9-/m1/s1. The second-order valence-corrected chi connectivity index (χ2v) is 4.08. The van der Waals surface area contributed by atoms with E-state index in [4.69, 9.17) is 0 Å². The summed E-state index contributed by atoms with van der Waals surface area (Å²) in [6, 6.07) is 0. The molecular formula is C10H18N2O. The third-order valence-electron chi connectivity index (χ3n) is 3.08. The Bertz CT molecular complexity index is 181. The number of likely N-dealkylation sites (tertiary alicyclic amines) is 1. The number of carbonyl (C=O) groups is 1. The second-order valence-electron chi connectivity index (χ2n) is 4.08. The Morgan fingerprint density at radius 1 is 1.23 bits per heavy atom. The monoisotopic (exact) mass is 182 g/mol. The van der Waals surface area contributed by atoms with E-state index in [2.05, 4.69) is 10.2 Å². The SMILES string of the molecule is O=C([C@@H]1CCNC1)N1CCCCC1. The van der Waals surface area contributed by atoms with Gasteiger partial charge in [-0.3, -0.25) is 4.79 Å². The minimum atomic E-state index is 0.276. The number of rotatable bonds is 1. The van der Waals surface area contributed by atoms with Gasteiger partial charge < -0.3 is 10.2 Å². The van der Waals surface area contributed by atoms with Crippen molar-refractivity contribution in [2.75, 3.05) is 26.2 Å². The zero-order valence-corrected chi connectivity index (χ0v) is 8.09. The van der Waals surface area contributed by atoms with E-state index in [1.807, 2.05) is 0 Å². The molecule has 0 aromatic rings. The van der Waals surface area contributed by atoms with Gasteiger partial charge in [0, 0.05) is 19.6 Å². The predicted molar refractivity (Wildman–Crippen MR) is 51.4 cm³/mol. The highest BCUT2D eigenvalue weighted by Gasteiger charge is 2.27. The molecule has 0 saturated carbocycles. The predicted octanol–water partition coefficient (Wildman–Crippen LogP) is 0.608. The van der Waals surface area contributed by atoms with Crippen LogP contribution in [0.2, 0.25) is 0 Å². The first-order valence-corrected chi connectivity index (χ1v) is 5.37. The molecule has 3 nitrogen and oxygen atoms in total. The molecule has 0 bridgehead atoms. The first kappa shape index (κ1) is 9.00. The molecule has 2 aliphatic heterocycles. The molecular weight excluding hydrogens is 164 g/mol. The van der Waals surface area contributed by atoms with E-state index in [0.717, 1.165) is 32.6 Å². The van der Waals surface area contributed by atoms with E-state index in [0.29, 0.717) is 5.91 Å². The maximum atomic E-state index is 11.9. The highest BCUT2D eigenvalue weighted by atomic mass is 16.2. The molecule has 3 heteroatoms. The quantitative estimate of drug-likeness (QED) is 0.644. The number of nitrogens with one attached hydrogen (secondary N) is 1. The average Bonchev–Trinajstić information content (AvgIpc) is 2.71. The molecule has 0 aliphatic carbocycles. The molecule has 2 aliphatic rings. The number of hydrogen-bond donors (Lipinski definition) is 1. The van der Waals surface area contributed by atoms with Gasteiger partial charge in [-0.2, -0.15) is 0 Å². The van der Waals surface area contributed by atoms with E-state index < -0.39 is 0 Å². The fourth-order valence-electron chi connectivity index (χ4n) is 2.24. The van der Waals surface area contributed by atoms with Crippen molar-refractivity contribution < 1.29 is 4.79 Å². The van der Waals surface area contributed by atoms with Crippen molar-refractivity contribution in [2.24, 2.45) is 5.92 Å². The number of carbonyl (C=O) groups excluding carboxylic acids is 1. The van der Waals surface area contributed by atoms with E-state index in [-0.39, 0.29) is 5.92 Å². The lowest BCUT2D eigenvalue weighted by Gasteiger charge is -2.28. The fraction of sp³-hybridized carbons (Fsp3) is 0.900. The van der Waals surface area contributed by atoms with Gasteiger partial charge in [-0.1, -0.05) is 0 Å². The highest BCUT2D eigenvalue weighted by molar-refractivity contribution is 5.79. The van der Waals surface area contributed by atoms with Gasteiger partial charge in [-0.25, -0.2) is 0 Å². The Kier molecular flexibility index (Phi) is 2.83. The lowest BCUT2D eigenvalue weighted by molar-refractivity contribution is -0.135. The van der Waals surface area contributed by atoms with Crippen molar-refractivity contribution >= 4 is 5.91 Å². The fourth-order valence-corrected chi connectivity index (χ4v) is 2.24. The lowest BCUT2D eigenvalue weighted by atomic mass is 10.0. The Hall–Kier alpha value is -0.570. The Labute approximate surface area is 79.5 Å². The molecule has 74 valence electrons. The number of amides is 1. The first-order chi connectivity index (χ1) is 6.38. The Balaban J connectivity index is 1.87. The van der Waals surface area contributed by atoms with Crippen LogP contribution in [-0.4, -0.2) is 37.0 Å². The summed E-state index contributed by atoms with van der Waals surface area (Å²) in [5, 5.41) is 3.24. The highest BCUT2D eigenvalue weighted by Crippen LogP contribution is 2.16. The summed E-state index contributed by atoms with van der Waals surface area (Å²) in [4.78, 5) is 13.9. The van der Waals surface area contributed by atoms with Gasteiger partial charge in [0.2, 0.25) is 5.91 Å². The van der Waals surface area contributed by atoms with Gasteiger partial charge in [0.05, 0.1) is 5.92 Å².